The van der Waals surface area contributed by atoms with E-state index in [9.17, 15) is 8.42 Å². The molecule has 0 radical (unpaired) electrons. The van der Waals surface area contributed by atoms with E-state index in [1.807, 2.05) is 25.1 Å². The molecule has 0 bridgehead atoms. The van der Waals surface area contributed by atoms with E-state index < -0.39 is 9.84 Å². The fourth-order valence-corrected chi connectivity index (χ4v) is 3.76. The molecule has 0 N–H and O–H groups in total. The van der Waals surface area contributed by atoms with Crippen molar-refractivity contribution in [3.05, 3.63) is 42.2 Å². The first kappa shape index (κ1) is 19.4. The maximum absolute atomic E-state index is 12.2. The van der Waals surface area contributed by atoms with E-state index in [-0.39, 0.29) is 4.90 Å². The highest BCUT2D eigenvalue weighted by Gasteiger charge is 2.17. The van der Waals surface area contributed by atoms with Crippen molar-refractivity contribution in [1.29, 1.82) is 0 Å². The van der Waals surface area contributed by atoms with Crippen LogP contribution in [0.1, 0.15) is 32.9 Å². The average molecular weight is 362 g/mol. The molecule has 0 saturated carbocycles. The predicted octanol–water partition coefficient (Wildman–Crippen LogP) is 4.52. The molecule has 0 aliphatic rings. The minimum absolute atomic E-state index is 0.233. The Morgan fingerprint density at radius 3 is 2.36 bits per heavy atom. The third kappa shape index (κ3) is 5.56. The number of rotatable bonds is 7. The maximum Gasteiger partial charge on any atom is 0.179 e. The Morgan fingerprint density at radius 1 is 1.08 bits per heavy atom. The van der Waals surface area contributed by atoms with Crippen molar-refractivity contribution < 1.29 is 13.2 Å². The Labute approximate surface area is 151 Å². The van der Waals surface area contributed by atoms with Gasteiger partial charge in [0, 0.05) is 18.1 Å². The Morgan fingerprint density at radius 2 is 1.76 bits per heavy atom. The first-order valence-electron chi connectivity index (χ1n) is 8.56. The number of aryl methyl sites for hydroxylation is 1. The normalized spacial score (nSPS) is 13.0. The van der Waals surface area contributed by atoms with E-state index in [4.69, 9.17) is 4.74 Å². The second kappa shape index (κ2) is 8.00. The molecule has 0 aliphatic carbocycles. The van der Waals surface area contributed by atoms with E-state index in [1.165, 1.54) is 6.26 Å². The van der Waals surface area contributed by atoms with Gasteiger partial charge in [0.05, 0.1) is 6.61 Å². The summed E-state index contributed by atoms with van der Waals surface area (Å²) in [6, 6.07) is 9.15. The summed E-state index contributed by atoms with van der Waals surface area (Å²) in [6.45, 7) is 8.88. The van der Waals surface area contributed by atoms with Crippen LogP contribution in [0.2, 0.25) is 0 Å². The van der Waals surface area contributed by atoms with Crippen LogP contribution in [0, 0.1) is 18.8 Å². The van der Waals surface area contributed by atoms with E-state index in [0.717, 1.165) is 23.2 Å². The highest BCUT2D eigenvalue weighted by molar-refractivity contribution is 7.90. The molecular weight excluding hydrogens is 334 g/mol. The first-order valence-corrected chi connectivity index (χ1v) is 10.5. The molecule has 1 aromatic carbocycles. The Kier molecular flexibility index (Phi) is 6.22. The van der Waals surface area contributed by atoms with Crippen molar-refractivity contribution in [2.24, 2.45) is 11.8 Å². The smallest absolute Gasteiger partial charge is 0.179 e. The van der Waals surface area contributed by atoms with Gasteiger partial charge in [0.15, 0.2) is 9.84 Å². The van der Waals surface area contributed by atoms with Gasteiger partial charge in [-0.2, -0.15) is 0 Å². The SMILES string of the molecule is Cc1cc(-c2ccc(OC[C@@H](C)CC(C)C)c(S(C)(=O)=O)c2)ccn1. The molecule has 0 aliphatic heterocycles. The highest BCUT2D eigenvalue weighted by Crippen LogP contribution is 2.30. The molecule has 25 heavy (non-hydrogen) atoms. The molecule has 4 nitrogen and oxygen atoms in total. The van der Waals surface area contributed by atoms with Crippen LogP contribution in [-0.2, 0) is 9.84 Å². The fraction of sp³-hybridized carbons (Fsp3) is 0.450. The third-order valence-electron chi connectivity index (χ3n) is 3.97. The zero-order valence-corrected chi connectivity index (χ0v) is 16.4. The van der Waals surface area contributed by atoms with Gasteiger partial charge in [0.2, 0.25) is 0 Å². The zero-order chi connectivity index (χ0) is 18.6. The molecule has 0 amide bonds. The minimum atomic E-state index is -3.39. The highest BCUT2D eigenvalue weighted by atomic mass is 32.2. The quantitative estimate of drug-likeness (QED) is 0.727. The summed E-state index contributed by atoms with van der Waals surface area (Å²) in [5.41, 5.74) is 2.67. The van der Waals surface area contributed by atoms with Crippen LogP contribution in [0.3, 0.4) is 0 Å². The van der Waals surface area contributed by atoms with E-state index in [2.05, 4.69) is 25.8 Å². The summed E-state index contributed by atoms with van der Waals surface area (Å²) in [4.78, 5) is 4.42. The van der Waals surface area contributed by atoms with Gasteiger partial charge < -0.3 is 4.74 Å². The van der Waals surface area contributed by atoms with Gasteiger partial charge in [-0.05, 0) is 60.6 Å². The molecule has 0 fully saturated rings. The second-order valence-corrected chi connectivity index (χ2v) is 9.15. The molecule has 0 saturated heterocycles. The van der Waals surface area contributed by atoms with Crippen LogP contribution in [0.15, 0.2) is 41.4 Å². The third-order valence-corrected chi connectivity index (χ3v) is 5.09. The molecule has 2 rings (SSSR count). The summed E-state index contributed by atoms with van der Waals surface area (Å²) in [5.74, 6) is 1.38. The lowest BCUT2D eigenvalue weighted by molar-refractivity contribution is 0.234. The molecule has 0 spiro atoms. The summed E-state index contributed by atoms with van der Waals surface area (Å²) in [5, 5.41) is 0. The number of nitrogens with zero attached hydrogens (tertiary/aromatic N) is 1. The summed E-state index contributed by atoms with van der Waals surface area (Å²) >= 11 is 0. The van der Waals surface area contributed by atoms with Crippen molar-refractivity contribution in [3.8, 4) is 16.9 Å². The summed E-state index contributed by atoms with van der Waals surface area (Å²) in [6.07, 6.45) is 3.99. The lowest BCUT2D eigenvalue weighted by Crippen LogP contribution is -2.12. The van der Waals surface area contributed by atoms with Gasteiger partial charge in [0.1, 0.15) is 10.6 Å². The van der Waals surface area contributed by atoms with Crippen LogP contribution in [0.4, 0.5) is 0 Å². The van der Waals surface area contributed by atoms with Crippen molar-refractivity contribution in [1.82, 2.24) is 4.98 Å². The van der Waals surface area contributed by atoms with Gasteiger partial charge in [0.25, 0.3) is 0 Å². The summed E-state index contributed by atoms with van der Waals surface area (Å²) in [7, 11) is -3.39. The topological polar surface area (TPSA) is 56.3 Å². The predicted molar refractivity (Wildman–Crippen MR) is 102 cm³/mol. The standard InChI is InChI=1S/C20H27NO3S/c1-14(2)10-15(3)13-24-19-7-6-17(12-20(19)25(5,22)23)18-8-9-21-16(4)11-18/h6-9,11-12,14-15H,10,13H2,1-5H3/t15-/m0/s1. The lowest BCUT2D eigenvalue weighted by atomic mass is 10.00. The Bertz CT molecular complexity index is 829. The number of pyridine rings is 1. The van der Waals surface area contributed by atoms with Crippen LogP contribution in [-0.4, -0.2) is 26.3 Å². The molecule has 1 heterocycles. The van der Waals surface area contributed by atoms with Crippen LogP contribution in [0.5, 0.6) is 5.75 Å². The fourth-order valence-electron chi connectivity index (χ4n) is 2.93. The molecule has 1 aromatic heterocycles. The van der Waals surface area contributed by atoms with Gasteiger partial charge in [-0.15, -0.1) is 0 Å². The first-order chi connectivity index (χ1) is 11.7. The number of hydrogen-bond acceptors (Lipinski definition) is 4. The Hall–Kier alpha value is -1.88. The molecule has 136 valence electrons. The van der Waals surface area contributed by atoms with Gasteiger partial charge in [-0.25, -0.2) is 8.42 Å². The molecular formula is C20H27NO3S. The van der Waals surface area contributed by atoms with Gasteiger partial charge >= 0.3 is 0 Å². The van der Waals surface area contributed by atoms with E-state index in [1.54, 1.807) is 18.3 Å². The zero-order valence-electron chi connectivity index (χ0n) is 15.6. The van der Waals surface area contributed by atoms with Crippen molar-refractivity contribution in [3.63, 3.8) is 0 Å². The number of aromatic nitrogens is 1. The van der Waals surface area contributed by atoms with Crippen molar-refractivity contribution in [2.75, 3.05) is 12.9 Å². The molecule has 0 unspecified atom stereocenters. The average Bonchev–Trinajstić information content (AvgIpc) is 2.51. The lowest BCUT2D eigenvalue weighted by Gasteiger charge is -2.17. The van der Waals surface area contributed by atoms with Gasteiger partial charge in [-0.1, -0.05) is 26.8 Å². The maximum atomic E-state index is 12.2. The molecule has 1 atom stereocenters. The Balaban J connectivity index is 2.32. The van der Waals surface area contributed by atoms with Gasteiger partial charge in [-0.3, -0.25) is 4.98 Å². The number of sulfone groups is 1. The monoisotopic (exact) mass is 361 g/mol. The van der Waals surface area contributed by atoms with Crippen molar-refractivity contribution >= 4 is 9.84 Å². The van der Waals surface area contributed by atoms with Crippen molar-refractivity contribution in [2.45, 2.75) is 39.0 Å². The number of benzene rings is 1. The van der Waals surface area contributed by atoms with E-state index >= 15 is 0 Å². The summed E-state index contributed by atoms with van der Waals surface area (Å²) < 4.78 is 30.3. The largest absolute Gasteiger partial charge is 0.492 e. The van der Waals surface area contributed by atoms with Crippen LogP contribution < -0.4 is 4.74 Å². The molecule has 5 heteroatoms. The number of ether oxygens (including phenoxy) is 1. The molecule has 2 aromatic rings. The van der Waals surface area contributed by atoms with Crippen LogP contribution >= 0.6 is 0 Å². The van der Waals surface area contributed by atoms with Crippen LogP contribution in [0.25, 0.3) is 11.1 Å². The van der Waals surface area contributed by atoms with E-state index in [0.29, 0.717) is 24.2 Å². The number of hydrogen-bond donors (Lipinski definition) is 0. The second-order valence-electron chi connectivity index (χ2n) is 7.17. The minimum Gasteiger partial charge on any atom is -0.492 e.